The standard InChI is InChI=1S/C15H14N4O/c1-11(12-5-3-2-4-6-12)19-15(20)13(10-16)9-14-17-7-8-18-14/h2-9,11H,1H3,(H,17,18)(H,19,20)/b13-9+. The van der Waals surface area contributed by atoms with Crippen LogP contribution in [0.1, 0.15) is 24.4 Å². The number of nitrogens with zero attached hydrogens (tertiary/aromatic N) is 2. The van der Waals surface area contributed by atoms with Crippen LogP contribution in [0, 0.1) is 11.3 Å². The van der Waals surface area contributed by atoms with Gasteiger partial charge in [-0.15, -0.1) is 0 Å². The Morgan fingerprint density at radius 1 is 1.45 bits per heavy atom. The zero-order valence-electron chi connectivity index (χ0n) is 11.0. The highest BCUT2D eigenvalue weighted by molar-refractivity contribution is 6.01. The Morgan fingerprint density at radius 3 is 2.80 bits per heavy atom. The van der Waals surface area contributed by atoms with E-state index in [1.807, 2.05) is 43.3 Å². The Labute approximate surface area is 117 Å². The molecule has 2 rings (SSSR count). The molecule has 1 aromatic heterocycles. The number of aromatic amines is 1. The molecule has 1 aromatic carbocycles. The minimum atomic E-state index is -0.416. The molecule has 1 atom stereocenters. The van der Waals surface area contributed by atoms with Crippen molar-refractivity contribution >= 4 is 12.0 Å². The number of amides is 1. The zero-order chi connectivity index (χ0) is 14.4. The summed E-state index contributed by atoms with van der Waals surface area (Å²) in [5.41, 5.74) is 0.999. The van der Waals surface area contributed by atoms with Gasteiger partial charge in [0.2, 0.25) is 0 Å². The van der Waals surface area contributed by atoms with Crippen molar-refractivity contribution in [3.8, 4) is 6.07 Å². The number of benzene rings is 1. The van der Waals surface area contributed by atoms with Crippen molar-refractivity contribution in [1.82, 2.24) is 15.3 Å². The third-order valence-corrected chi connectivity index (χ3v) is 2.81. The summed E-state index contributed by atoms with van der Waals surface area (Å²) in [6, 6.07) is 11.3. The van der Waals surface area contributed by atoms with Gasteiger partial charge >= 0.3 is 0 Å². The van der Waals surface area contributed by atoms with Crippen LogP contribution in [0.2, 0.25) is 0 Å². The molecule has 0 fully saturated rings. The van der Waals surface area contributed by atoms with Crippen LogP contribution in [-0.2, 0) is 4.79 Å². The second kappa shape index (κ2) is 6.34. The molecule has 0 bridgehead atoms. The predicted molar refractivity (Wildman–Crippen MR) is 75.2 cm³/mol. The van der Waals surface area contributed by atoms with Gasteiger partial charge in [-0.3, -0.25) is 4.79 Å². The summed E-state index contributed by atoms with van der Waals surface area (Å²) in [6.07, 6.45) is 4.61. The first kappa shape index (κ1) is 13.6. The van der Waals surface area contributed by atoms with Gasteiger partial charge in [-0.2, -0.15) is 5.26 Å². The molecule has 1 amide bonds. The summed E-state index contributed by atoms with van der Waals surface area (Å²) in [7, 11) is 0. The molecule has 0 radical (unpaired) electrons. The molecule has 2 aromatic rings. The number of imidazole rings is 1. The van der Waals surface area contributed by atoms with Gasteiger partial charge in [0.15, 0.2) is 0 Å². The van der Waals surface area contributed by atoms with E-state index in [0.717, 1.165) is 5.56 Å². The normalized spacial score (nSPS) is 12.5. The molecule has 0 spiro atoms. The Kier molecular flexibility index (Phi) is 4.30. The predicted octanol–water partition coefficient (Wildman–Crippen LogP) is 2.19. The molecule has 0 aliphatic rings. The molecule has 5 heteroatoms. The zero-order valence-corrected chi connectivity index (χ0v) is 11.0. The summed E-state index contributed by atoms with van der Waals surface area (Å²) < 4.78 is 0. The number of hydrogen-bond acceptors (Lipinski definition) is 3. The van der Waals surface area contributed by atoms with Crippen LogP contribution < -0.4 is 5.32 Å². The summed E-state index contributed by atoms with van der Waals surface area (Å²) in [6.45, 7) is 1.87. The second-order valence-corrected chi connectivity index (χ2v) is 4.25. The molecule has 0 aliphatic heterocycles. The SMILES string of the molecule is CC(NC(=O)/C(C#N)=C/c1ncc[nH]1)c1ccccc1. The number of carbonyl (C=O) groups is 1. The minimum absolute atomic E-state index is 0.0164. The maximum absolute atomic E-state index is 12.0. The number of nitriles is 1. The molecule has 100 valence electrons. The molecular weight excluding hydrogens is 252 g/mol. The lowest BCUT2D eigenvalue weighted by Gasteiger charge is -2.13. The summed E-state index contributed by atoms with van der Waals surface area (Å²) in [5, 5.41) is 11.8. The lowest BCUT2D eigenvalue weighted by molar-refractivity contribution is -0.117. The highest BCUT2D eigenvalue weighted by Crippen LogP contribution is 2.12. The van der Waals surface area contributed by atoms with E-state index in [9.17, 15) is 4.79 Å². The van der Waals surface area contributed by atoms with E-state index in [2.05, 4.69) is 15.3 Å². The van der Waals surface area contributed by atoms with Gasteiger partial charge in [0.05, 0.1) is 6.04 Å². The molecule has 2 N–H and O–H groups in total. The largest absolute Gasteiger partial charge is 0.345 e. The van der Waals surface area contributed by atoms with Crippen LogP contribution in [0.15, 0.2) is 48.3 Å². The van der Waals surface area contributed by atoms with E-state index in [-0.39, 0.29) is 11.6 Å². The lowest BCUT2D eigenvalue weighted by Crippen LogP contribution is -2.27. The maximum atomic E-state index is 12.0. The van der Waals surface area contributed by atoms with Gasteiger partial charge in [-0.1, -0.05) is 30.3 Å². The molecular formula is C15H14N4O. The third-order valence-electron chi connectivity index (χ3n) is 2.81. The highest BCUT2D eigenvalue weighted by Gasteiger charge is 2.13. The van der Waals surface area contributed by atoms with Gasteiger partial charge in [0, 0.05) is 18.5 Å². The van der Waals surface area contributed by atoms with Crippen LogP contribution in [0.25, 0.3) is 6.08 Å². The first-order chi connectivity index (χ1) is 9.70. The Morgan fingerprint density at radius 2 is 2.20 bits per heavy atom. The number of nitrogens with one attached hydrogen (secondary N) is 2. The Balaban J connectivity index is 2.09. The molecule has 20 heavy (non-hydrogen) atoms. The quantitative estimate of drug-likeness (QED) is 0.657. The van der Waals surface area contributed by atoms with Crippen molar-refractivity contribution in [3.05, 3.63) is 59.7 Å². The number of aromatic nitrogens is 2. The van der Waals surface area contributed by atoms with E-state index in [4.69, 9.17) is 5.26 Å². The van der Waals surface area contributed by atoms with Crippen molar-refractivity contribution < 1.29 is 4.79 Å². The van der Waals surface area contributed by atoms with Crippen LogP contribution in [-0.4, -0.2) is 15.9 Å². The topological polar surface area (TPSA) is 81.6 Å². The van der Waals surface area contributed by atoms with E-state index < -0.39 is 5.91 Å². The third kappa shape index (κ3) is 3.33. The summed E-state index contributed by atoms with van der Waals surface area (Å²) in [4.78, 5) is 18.8. The van der Waals surface area contributed by atoms with E-state index in [1.165, 1.54) is 6.08 Å². The number of carbonyl (C=O) groups excluding carboxylic acids is 1. The van der Waals surface area contributed by atoms with Gasteiger partial charge < -0.3 is 10.3 Å². The molecule has 0 saturated carbocycles. The van der Waals surface area contributed by atoms with Crippen molar-refractivity contribution in [2.45, 2.75) is 13.0 Å². The lowest BCUT2D eigenvalue weighted by atomic mass is 10.1. The fourth-order valence-corrected chi connectivity index (χ4v) is 1.74. The van der Waals surface area contributed by atoms with Crippen molar-refractivity contribution in [2.24, 2.45) is 0 Å². The summed E-state index contributed by atoms with van der Waals surface area (Å²) in [5.74, 6) is 0.0596. The minimum Gasteiger partial charge on any atom is -0.345 e. The monoisotopic (exact) mass is 266 g/mol. The van der Waals surface area contributed by atoms with Crippen molar-refractivity contribution in [3.63, 3.8) is 0 Å². The molecule has 1 unspecified atom stereocenters. The van der Waals surface area contributed by atoms with Gasteiger partial charge in [0.1, 0.15) is 17.5 Å². The highest BCUT2D eigenvalue weighted by atomic mass is 16.1. The number of hydrogen-bond donors (Lipinski definition) is 2. The fraction of sp³-hybridized carbons (Fsp3) is 0.133. The molecule has 5 nitrogen and oxygen atoms in total. The van der Waals surface area contributed by atoms with Gasteiger partial charge in [-0.05, 0) is 12.5 Å². The van der Waals surface area contributed by atoms with E-state index in [1.54, 1.807) is 12.4 Å². The fourth-order valence-electron chi connectivity index (χ4n) is 1.74. The average Bonchev–Trinajstić information content (AvgIpc) is 2.98. The van der Waals surface area contributed by atoms with Crippen molar-refractivity contribution in [1.29, 1.82) is 5.26 Å². The maximum Gasteiger partial charge on any atom is 0.262 e. The second-order valence-electron chi connectivity index (χ2n) is 4.25. The van der Waals surface area contributed by atoms with E-state index in [0.29, 0.717) is 5.82 Å². The number of H-pyrrole nitrogens is 1. The first-order valence-corrected chi connectivity index (χ1v) is 6.17. The molecule has 0 aliphatic carbocycles. The van der Waals surface area contributed by atoms with E-state index >= 15 is 0 Å². The summed E-state index contributed by atoms with van der Waals surface area (Å²) >= 11 is 0. The van der Waals surface area contributed by atoms with Gasteiger partial charge in [0.25, 0.3) is 5.91 Å². The van der Waals surface area contributed by atoms with Crippen LogP contribution in [0.4, 0.5) is 0 Å². The average molecular weight is 266 g/mol. The molecule has 1 heterocycles. The molecule has 0 saturated heterocycles. The Hall–Kier alpha value is -2.87. The smallest absolute Gasteiger partial charge is 0.262 e. The van der Waals surface area contributed by atoms with Crippen LogP contribution in [0.5, 0.6) is 0 Å². The van der Waals surface area contributed by atoms with Crippen LogP contribution >= 0.6 is 0 Å². The Bertz CT molecular complexity index is 638. The first-order valence-electron chi connectivity index (χ1n) is 6.17. The van der Waals surface area contributed by atoms with Crippen LogP contribution in [0.3, 0.4) is 0 Å². The number of rotatable bonds is 4. The van der Waals surface area contributed by atoms with Gasteiger partial charge in [-0.25, -0.2) is 4.98 Å². The van der Waals surface area contributed by atoms with Crippen molar-refractivity contribution in [2.75, 3.05) is 0 Å².